The number of fused-ring (bicyclic) bond motifs is 1. The van der Waals surface area contributed by atoms with Gasteiger partial charge in [-0.15, -0.1) is 0 Å². The SMILES string of the molecule is COC(=O)C[C@H]1OC[C@H]2OCC[C@H]2O1. The lowest BCUT2D eigenvalue weighted by molar-refractivity contribution is -0.241. The second-order valence-electron chi connectivity index (χ2n) is 3.42. The molecule has 2 fully saturated rings. The van der Waals surface area contributed by atoms with Gasteiger partial charge in [-0.3, -0.25) is 4.79 Å². The Kier molecular flexibility index (Phi) is 3.00. The van der Waals surface area contributed by atoms with E-state index in [1.807, 2.05) is 0 Å². The molecule has 0 aromatic carbocycles. The van der Waals surface area contributed by atoms with Crippen LogP contribution < -0.4 is 0 Å². The molecule has 2 rings (SSSR count). The van der Waals surface area contributed by atoms with Crippen molar-refractivity contribution in [2.45, 2.75) is 31.3 Å². The van der Waals surface area contributed by atoms with E-state index in [1.54, 1.807) is 0 Å². The van der Waals surface area contributed by atoms with E-state index < -0.39 is 6.29 Å². The van der Waals surface area contributed by atoms with Crippen molar-refractivity contribution in [3.63, 3.8) is 0 Å². The molecule has 2 aliphatic rings. The fourth-order valence-corrected chi connectivity index (χ4v) is 1.70. The largest absolute Gasteiger partial charge is 0.469 e. The van der Waals surface area contributed by atoms with Crippen LogP contribution in [-0.4, -0.2) is 44.8 Å². The molecule has 0 radical (unpaired) electrons. The van der Waals surface area contributed by atoms with Crippen molar-refractivity contribution < 1.29 is 23.7 Å². The standard InChI is InChI=1S/C9H14O5/c1-11-8(10)4-9-13-5-7-6(14-9)2-3-12-7/h6-7,9H,2-5H2,1H3/t6-,7-,9+/m1/s1. The van der Waals surface area contributed by atoms with Gasteiger partial charge in [0.2, 0.25) is 0 Å². The summed E-state index contributed by atoms with van der Waals surface area (Å²) >= 11 is 0. The summed E-state index contributed by atoms with van der Waals surface area (Å²) in [6.45, 7) is 1.22. The predicted molar refractivity (Wildman–Crippen MR) is 45.6 cm³/mol. The van der Waals surface area contributed by atoms with Gasteiger partial charge in [0.15, 0.2) is 6.29 Å². The second kappa shape index (κ2) is 4.25. The molecular weight excluding hydrogens is 188 g/mol. The molecule has 0 N–H and O–H groups in total. The molecule has 2 heterocycles. The lowest BCUT2D eigenvalue weighted by Gasteiger charge is -2.30. The zero-order valence-corrected chi connectivity index (χ0v) is 8.10. The van der Waals surface area contributed by atoms with Gasteiger partial charge in [0.05, 0.1) is 26.2 Å². The van der Waals surface area contributed by atoms with E-state index in [9.17, 15) is 4.79 Å². The molecule has 0 spiro atoms. The van der Waals surface area contributed by atoms with Crippen LogP contribution in [-0.2, 0) is 23.7 Å². The zero-order chi connectivity index (χ0) is 9.97. The normalized spacial score (nSPS) is 36.5. The quantitative estimate of drug-likeness (QED) is 0.593. The van der Waals surface area contributed by atoms with Crippen molar-refractivity contribution in [2.24, 2.45) is 0 Å². The monoisotopic (exact) mass is 202 g/mol. The van der Waals surface area contributed by atoms with Gasteiger partial charge in [0.1, 0.15) is 6.10 Å². The molecular formula is C9H14O5. The molecule has 5 nitrogen and oxygen atoms in total. The molecule has 0 amide bonds. The summed E-state index contributed by atoms with van der Waals surface area (Å²) in [6.07, 6.45) is 0.693. The number of rotatable bonds is 2. The molecule has 80 valence electrons. The first kappa shape index (κ1) is 9.89. The van der Waals surface area contributed by atoms with Gasteiger partial charge in [-0.1, -0.05) is 0 Å². The Hall–Kier alpha value is -0.650. The molecule has 3 atom stereocenters. The first-order chi connectivity index (χ1) is 6.79. The molecule has 5 heteroatoms. The van der Waals surface area contributed by atoms with Gasteiger partial charge < -0.3 is 18.9 Å². The minimum Gasteiger partial charge on any atom is -0.469 e. The Balaban J connectivity index is 1.82. The number of hydrogen-bond donors (Lipinski definition) is 0. The highest BCUT2D eigenvalue weighted by atomic mass is 16.7. The summed E-state index contributed by atoms with van der Waals surface area (Å²) in [5.41, 5.74) is 0. The van der Waals surface area contributed by atoms with Crippen molar-refractivity contribution in [3.05, 3.63) is 0 Å². The summed E-state index contributed by atoms with van der Waals surface area (Å²) in [5.74, 6) is -0.313. The summed E-state index contributed by atoms with van der Waals surface area (Å²) in [4.78, 5) is 11.0. The maximum absolute atomic E-state index is 11.0. The Morgan fingerprint density at radius 1 is 1.43 bits per heavy atom. The lowest BCUT2D eigenvalue weighted by atomic mass is 10.2. The van der Waals surface area contributed by atoms with E-state index in [-0.39, 0.29) is 24.6 Å². The zero-order valence-electron chi connectivity index (χ0n) is 8.10. The molecule has 14 heavy (non-hydrogen) atoms. The fraction of sp³-hybridized carbons (Fsp3) is 0.889. The van der Waals surface area contributed by atoms with Gasteiger partial charge in [-0.2, -0.15) is 0 Å². The summed E-state index contributed by atoms with van der Waals surface area (Å²) in [7, 11) is 1.35. The minimum atomic E-state index is -0.467. The Bertz CT molecular complexity index is 217. The maximum atomic E-state index is 11.0. The lowest BCUT2D eigenvalue weighted by Crippen LogP contribution is -2.41. The van der Waals surface area contributed by atoms with Crippen molar-refractivity contribution >= 4 is 5.97 Å². The maximum Gasteiger partial charge on any atom is 0.310 e. The van der Waals surface area contributed by atoms with E-state index in [2.05, 4.69) is 4.74 Å². The van der Waals surface area contributed by atoms with Crippen LogP contribution in [0.1, 0.15) is 12.8 Å². The number of esters is 1. The first-order valence-electron chi connectivity index (χ1n) is 4.75. The Morgan fingerprint density at radius 3 is 3.07 bits per heavy atom. The highest BCUT2D eigenvalue weighted by molar-refractivity contribution is 5.69. The summed E-state index contributed by atoms with van der Waals surface area (Å²) in [5, 5.41) is 0. The van der Waals surface area contributed by atoms with E-state index in [4.69, 9.17) is 14.2 Å². The summed E-state index contributed by atoms with van der Waals surface area (Å²) < 4.78 is 20.8. The molecule has 0 aliphatic carbocycles. The van der Waals surface area contributed by atoms with E-state index in [1.165, 1.54) is 7.11 Å². The van der Waals surface area contributed by atoms with Crippen molar-refractivity contribution in [1.29, 1.82) is 0 Å². The molecule has 2 saturated heterocycles. The van der Waals surface area contributed by atoms with Crippen molar-refractivity contribution in [1.82, 2.24) is 0 Å². The number of carbonyl (C=O) groups is 1. The average Bonchev–Trinajstić information content (AvgIpc) is 2.64. The third kappa shape index (κ3) is 2.05. The minimum absolute atomic E-state index is 0.0453. The third-order valence-corrected chi connectivity index (χ3v) is 2.48. The fourth-order valence-electron chi connectivity index (χ4n) is 1.70. The van der Waals surface area contributed by atoms with E-state index >= 15 is 0 Å². The van der Waals surface area contributed by atoms with E-state index in [0.29, 0.717) is 13.2 Å². The molecule has 0 aromatic rings. The van der Waals surface area contributed by atoms with Crippen molar-refractivity contribution in [3.8, 4) is 0 Å². The van der Waals surface area contributed by atoms with Crippen LogP contribution in [0.15, 0.2) is 0 Å². The van der Waals surface area contributed by atoms with Crippen LogP contribution >= 0.6 is 0 Å². The Labute approximate surface area is 82.3 Å². The smallest absolute Gasteiger partial charge is 0.310 e. The van der Waals surface area contributed by atoms with Gasteiger partial charge in [-0.25, -0.2) is 0 Å². The molecule has 0 unspecified atom stereocenters. The third-order valence-electron chi connectivity index (χ3n) is 2.48. The van der Waals surface area contributed by atoms with Gasteiger partial charge in [-0.05, 0) is 6.42 Å². The molecule has 0 bridgehead atoms. The van der Waals surface area contributed by atoms with Crippen LogP contribution in [0.2, 0.25) is 0 Å². The number of hydrogen-bond acceptors (Lipinski definition) is 5. The van der Waals surface area contributed by atoms with Crippen molar-refractivity contribution in [2.75, 3.05) is 20.3 Å². The van der Waals surface area contributed by atoms with Crippen LogP contribution in [0.3, 0.4) is 0 Å². The summed E-state index contributed by atoms with van der Waals surface area (Å²) in [6, 6.07) is 0. The second-order valence-corrected chi connectivity index (χ2v) is 3.42. The predicted octanol–water partition coefficient (Wildman–Crippen LogP) is 0.0799. The highest BCUT2D eigenvalue weighted by Crippen LogP contribution is 2.25. The highest BCUT2D eigenvalue weighted by Gasteiger charge is 2.37. The molecule has 0 aromatic heterocycles. The van der Waals surface area contributed by atoms with Crippen LogP contribution in [0.25, 0.3) is 0 Å². The van der Waals surface area contributed by atoms with Gasteiger partial charge in [0, 0.05) is 6.61 Å². The molecule has 2 aliphatic heterocycles. The van der Waals surface area contributed by atoms with Crippen LogP contribution in [0.5, 0.6) is 0 Å². The van der Waals surface area contributed by atoms with Crippen LogP contribution in [0.4, 0.5) is 0 Å². The number of ether oxygens (including phenoxy) is 4. The number of methoxy groups -OCH3 is 1. The average molecular weight is 202 g/mol. The Morgan fingerprint density at radius 2 is 2.29 bits per heavy atom. The van der Waals surface area contributed by atoms with Crippen LogP contribution in [0, 0.1) is 0 Å². The number of carbonyl (C=O) groups excluding carboxylic acids is 1. The van der Waals surface area contributed by atoms with Gasteiger partial charge in [0.25, 0.3) is 0 Å². The van der Waals surface area contributed by atoms with E-state index in [0.717, 1.165) is 6.42 Å². The van der Waals surface area contributed by atoms with Gasteiger partial charge >= 0.3 is 5.97 Å². The molecule has 0 saturated carbocycles. The topological polar surface area (TPSA) is 54.0 Å². The first-order valence-corrected chi connectivity index (χ1v) is 4.75.